The van der Waals surface area contributed by atoms with Gasteiger partial charge in [0.25, 0.3) is 0 Å². The van der Waals surface area contributed by atoms with Gasteiger partial charge in [-0.25, -0.2) is 19.9 Å². The topological polar surface area (TPSA) is 61.4 Å². The number of aromatic nitrogens is 6. The van der Waals surface area contributed by atoms with Crippen molar-refractivity contribution in [3.8, 4) is 23.0 Å². The van der Waals surface area contributed by atoms with Gasteiger partial charge in [-0.2, -0.15) is 0 Å². The van der Waals surface area contributed by atoms with Crippen molar-refractivity contribution in [3.63, 3.8) is 0 Å². The number of benzene rings is 16. The number of para-hydroxylation sites is 2. The van der Waals surface area contributed by atoms with Crippen molar-refractivity contribution in [3.05, 3.63) is 461 Å². The quantitative estimate of drug-likeness (QED) is 0.0757. The lowest BCUT2D eigenvalue weighted by Crippen LogP contribution is -2.14. The summed E-state index contributed by atoms with van der Waals surface area (Å²) in [4.78, 5) is 38.7. The Balaban J connectivity index is 0.834. The molecule has 0 aliphatic heterocycles. The maximum atomic E-state index is 6.17. The summed E-state index contributed by atoms with van der Waals surface area (Å²) in [6, 6.07) is 169. The van der Waals surface area contributed by atoms with Crippen LogP contribution in [-0.4, -0.2) is 29.1 Å². The van der Waals surface area contributed by atoms with Crippen molar-refractivity contribution < 1.29 is 0 Å². The molecular formula is C104H76N6S4. The van der Waals surface area contributed by atoms with E-state index in [9.17, 15) is 0 Å². The molecule has 4 aromatic heterocycles. The first kappa shape index (κ1) is 69.8. The Morgan fingerprint density at radius 2 is 0.316 bits per heavy atom. The third-order valence-electron chi connectivity index (χ3n) is 21.8. The maximum Gasteiger partial charge on any atom is 0.236 e. The third kappa shape index (κ3) is 11.5. The average molecular weight is 1540 g/mol. The van der Waals surface area contributed by atoms with E-state index in [0.717, 1.165) is 74.8 Å². The molecule has 0 amide bonds. The first-order valence-electron chi connectivity index (χ1n) is 38.4. The lowest BCUT2D eigenvalue weighted by Gasteiger charge is -2.44. The Kier molecular flexibility index (Phi) is 18.2. The number of nitrogens with zero attached hydrogens (tertiary/aromatic N) is 6. The summed E-state index contributed by atoms with van der Waals surface area (Å²) >= 11 is 0. The molecule has 16 aromatic carbocycles. The fourth-order valence-corrected chi connectivity index (χ4v) is 32.1. The van der Waals surface area contributed by atoms with E-state index in [-0.39, 0.29) is 0 Å². The van der Waals surface area contributed by atoms with Gasteiger partial charge in [0.1, 0.15) is 0 Å². The summed E-state index contributed by atoms with van der Waals surface area (Å²) in [6.45, 7) is 0. The second-order valence-electron chi connectivity index (χ2n) is 28.1. The SMILES string of the molecule is c1ccc(S(c2ccccc2)(c2ccccc2)c2cc(S(c3ccccc3)(c3ccccc3)c3ccccc3)nc(-n3c4ccccc4c4cc(-c5ccc6c(c5)c5ccccc5n6-c5nc(S(c6ccccc6)(c6ccccc6)c6ccccc6)cc(S(c6ccccc6)(c6ccccc6)c6ccccc6)n5)ccc43)n2)cc1. The smallest absolute Gasteiger partial charge is 0.236 e. The first-order chi connectivity index (χ1) is 56.5. The van der Waals surface area contributed by atoms with Crippen LogP contribution >= 0.6 is 40.1 Å². The molecule has 0 bridgehead atoms. The molecule has 4 heterocycles. The minimum absolute atomic E-state index is 0.592. The first-order valence-corrected chi connectivity index (χ1v) is 44.9. The Morgan fingerprint density at radius 3 is 0.509 bits per heavy atom. The van der Waals surface area contributed by atoms with E-state index in [1.54, 1.807) is 0 Å². The van der Waals surface area contributed by atoms with Crippen molar-refractivity contribution in [2.45, 2.75) is 78.8 Å². The van der Waals surface area contributed by atoms with Gasteiger partial charge in [0.15, 0.2) is 0 Å². The van der Waals surface area contributed by atoms with Crippen LogP contribution in [0.15, 0.2) is 540 Å². The van der Waals surface area contributed by atoms with Crippen LogP contribution in [0.5, 0.6) is 0 Å². The minimum atomic E-state index is -2.40. The highest BCUT2D eigenvalue weighted by Crippen LogP contribution is 2.79. The number of hydrogen-bond acceptors (Lipinski definition) is 4. The highest BCUT2D eigenvalue weighted by molar-refractivity contribution is 8.35. The molecule has 0 atom stereocenters. The highest BCUT2D eigenvalue weighted by Gasteiger charge is 2.43. The number of hydrogen-bond donors (Lipinski definition) is 0. The molecule has 0 radical (unpaired) electrons. The van der Waals surface area contributed by atoms with Gasteiger partial charge < -0.3 is 0 Å². The fraction of sp³-hybridized carbons (Fsp3) is 0. The standard InChI is InChI=1S/C104H76N6S4/c1-13-41-79(42-14-1)111(80-43-15-2-16-44-80,81-45-17-3-18-46-81)99-75-100(112(82-47-19-4-20-48-82,83-49-21-5-22-50-83)84-51-23-6-24-52-84)106-103(105-99)109-95-67-39-37-65-91(95)93-73-77(69-71-97(93)109)78-70-72-98-94(74-78)92-66-38-40-68-96(92)110(98)104-107-101(113(85-53-25-7-26-54-85,86-55-27-8-28-56-86)87-57-29-9-30-58-87)76-102(108-104)114(88-59-31-10-32-60-88,89-61-33-11-34-62-89)90-63-35-12-36-64-90/h1-76H. The van der Waals surface area contributed by atoms with E-state index < -0.39 is 40.1 Å². The molecule has 0 N–H and O–H groups in total. The average Bonchev–Trinajstić information content (AvgIpc) is 0.896. The normalized spacial score (nSPS) is 12.6. The summed E-state index contributed by atoms with van der Waals surface area (Å²) in [5, 5.41) is 8.09. The van der Waals surface area contributed by atoms with Gasteiger partial charge in [0, 0.05) is 92.4 Å². The molecule has 0 unspecified atom stereocenters. The van der Waals surface area contributed by atoms with Crippen LogP contribution in [0.25, 0.3) is 66.6 Å². The molecule has 0 saturated heterocycles. The van der Waals surface area contributed by atoms with E-state index in [2.05, 4.69) is 470 Å². The number of rotatable bonds is 19. The summed E-state index contributed by atoms with van der Waals surface area (Å²) in [5.74, 6) is 1.18. The third-order valence-corrected chi connectivity index (χ3v) is 36.9. The Morgan fingerprint density at radius 1 is 0.149 bits per heavy atom. The Bertz CT molecular complexity index is 5720. The molecule has 6 nitrogen and oxygen atoms in total. The second-order valence-corrected chi connectivity index (χ2v) is 40.3. The van der Waals surface area contributed by atoms with Crippen molar-refractivity contribution in [1.29, 1.82) is 0 Å². The largest absolute Gasteiger partial charge is 0.278 e. The molecule has 0 aliphatic rings. The van der Waals surface area contributed by atoms with Crippen molar-refractivity contribution >= 4 is 83.7 Å². The number of fused-ring (bicyclic) bond motifs is 6. The van der Waals surface area contributed by atoms with Gasteiger partial charge >= 0.3 is 0 Å². The van der Waals surface area contributed by atoms with Gasteiger partial charge in [-0.3, -0.25) is 9.13 Å². The molecule has 546 valence electrons. The van der Waals surface area contributed by atoms with Gasteiger partial charge in [-0.15, -0.1) is 40.1 Å². The minimum Gasteiger partial charge on any atom is -0.278 e. The fourth-order valence-electron chi connectivity index (χ4n) is 16.9. The van der Waals surface area contributed by atoms with Gasteiger partial charge in [0.2, 0.25) is 11.9 Å². The molecule has 0 aliphatic carbocycles. The summed E-state index contributed by atoms with van der Waals surface area (Å²) in [7, 11) is -9.60. The van der Waals surface area contributed by atoms with Crippen LogP contribution in [0.2, 0.25) is 0 Å². The monoisotopic (exact) mass is 1540 g/mol. The molecule has 0 spiro atoms. The van der Waals surface area contributed by atoms with Gasteiger partial charge in [-0.1, -0.05) is 267 Å². The van der Waals surface area contributed by atoms with Crippen molar-refractivity contribution in [2.24, 2.45) is 0 Å². The van der Waals surface area contributed by atoms with Gasteiger partial charge in [0.05, 0.1) is 42.2 Å². The lowest BCUT2D eigenvalue weighted by molar-refractivity contribution is 0.865. The molecular weight excluding hydrogens is 1460 g/mol. The predicted molar refractivity (Wildman–Crippen MR) is 472 cm³/mol. The molecule has 20 aromatic rings. The highest BCUT2D eigenvalue weighted by atomic mass is 32.3. The van der Waals surface area contributed by atoms with Crippen LogP contribution in [0.1, 0.15) is 0 Å². The van der Waals surface area contributed by atoms with E-state index >= 15 is 0 Å². The van der Waals surface area contributed by atoms with E-state index in [4.69, 9.17) is 19.9 Å². The van der Waals surface area contributed by atoms with Crippen LogP contribution in [0.3, 0.4) is 0 Å². The Hall–Kier alpha value is -13.3. The maximum absolute atomic E-state index is 6.17. The zero-order valence-electron chi connectivity index (χ0n) is 62.2. The van der Waals surface area contributed by atoms with Crippen LogP contribution in [0, 0.1) is 0 Å². The van der Waals surface area contributed by atoms with Crippen molar-refractivity contribution in [2.75, 3.05) is 0 Å². The molecule has 10 heteroatoms. The van der Waals surface area contributed by atoms with E-state index in [0.29, 0.717) is 11.9 Å². The molecule has 0 fully saturated rings. The van der Waals surface area contributed by atoms with E-state index in [1.807, 2.05) is 0 Å². The van der Waals surface area contributed by atoms with Crippen molar-refractivity contribution in [1.82, 2.24) is 29.1 Å². The zero-order chi connectivity index (χ0) is 75.9. The lowest BCUT2D eigenvalue weighted by atomic mass is 10.0. The van der Waals surface area contributed by atoms with Crippen LogP contribution < -0.4 is 0 Å². The second kappa shape index (κ2) is 29.7. The molecule has 114 heavy (non-hydrogen) atoms. The summed E-state index contributed by atoms with van der Waals surface area (Å²) in [6.07, 6.45) is 0. The predicted octanol–water partition coefficient (Wildman–Crippen LogP) is 28.5. The zero-order valence-corrected chi connectivity index (χ0v) is 65.5. The Labute approximate surface area is 670 Å². The summed E-state index contributed by atoms with van der Waals surface area (Å²) < 4.78 is 4.68. The van der Waals surface area contributed by atoms with Gasteiger partial charge in [-0.05, 0) is 193 Å². The molecule has 20 rings (SSSR count). The summed E-state index contributed by atoms with van der Waals surface area (Å²) in [5.41, 5.74) is 6.14. The van der Waals surface area contributed by atoms with Crippen LogP contribution in [0.4, 0.5) is 0 Å². The molecule has 0 saturated carbocycles. The van der Waals surface area contributed by atoms with E-state index in [1.165, 1.54) is 58.7 Å². The van der Waals surface area contributed by atoms with Crippen LogP contribution in [-0.2, 0) is 0 Å².